The number of para-hydroxylation sites is 1. The molecule has 9 nitrogen and oxygen atoms in total. The van der Waals surface area contributed by atoms with Gasteiger partial charge in [0.05, 0.1) is 30.0 Å². The van der Waals surface area contributed by atoms with Crippen LogP contribution in [-0.4, -0.2) is 49.5 Å². The molecule has 0 fully saturated rings. The molecular weight excluding hydrogens is 384 g/mol. The molecule has 0 radical (unpaired) electrons. The number of aliphatic hydroxyl groups excluding tert-OH is 1. The second-order valence-electron chi connectivity index (χ2n) is 7.21. The molecule has 0 saturated carbocycles. The van der Waals surface area contributed by atoms with Gasteiger partial charge in [-0.2, -0.15) is 0 Å². The third-order valence-electron chi connectivity index (χ3n) is 5.07. The van der Waals surface area contributed by atoms with Gasteiger partial charge in [-0.25, -0.2) is 4.68 Å². The van der Waals surface area contributed by atoms with Crippen LogP contribution in [0.1, 0.15) is 32.9 Å². The van der Waals surface area contributed by atoms with Crippen molar-refractivity contribution in [2.45, 2.75) is 26.5 Å². The Kier molecular flexibility index (Phi) is 5.20. The molecule has 0 spiro atoms. The molecule has 0 bridgehead atoms. The smallest absolute Gasteiger partial charge is 0.256 e. The highest BCUT2D eigenvalue weighted by molar-refractivity contribution is 6.34. The molecule has 9 heteroatoms. The van der Waals surface area contributed by atoms with E-state index in [0.29, 0.717) is 22.5 Å². The first kappa shape index (κ1) is 19.6. The Morgan fingerprint density at radius 2 is 2.13 bits per heavy atom. The van der Waals surface area contributed by atoms with Crippen LogP contribution in [0.5, 0.6) is 0 Å². The standard InChI is InChI=1S/C21H22N6O3/c1-12-18(9-16-15-5-3-4-6-17(15)25-20(16)29)24-13(2)19(12)21(30)22-10-14(28)11-27-8-7-23-26-27/h3-9,14,24,28H,10-11H2,1-2H3,(H,22,30)(H,25,29)/b16-9-. The van der Waals surface area contributed by atoms with E-state index in [1.54, 1.807) is 19.2 Å². The monoisotopic (exact) mass is 406 g/mol. The molecule has 1 atom stereocenters. The van der Waals surface area contributed by atoms with E-state index in [-0.39, 0.29) is 24.9 Å². The van der Waals surface area contributed by atoms with E-state index in [9.17, 15) is 14.7 Å². The molecule has 2 aromatic heterocycles. The van der Waals surface area contributed by atoms with Gasteiger partial charge in [-0.15, -0.1) is 5.10 Å². The van der Waals surface area contributed by atoms with Crippen molar-refractivity contribution < 1.29 is 14.7 Å². The molecule has 0 saturated heterocycles. The van der Waals surface area contributed by atoms with Crippen LogP contribution in [-0.2, 0) is 11.3 Å². The Bertz CT molecular complexity index is 1130. The number of benzene rings is 1. The summed E-state index contributed by atoms with van der Waals surface area (Å²) in [5.74, 6) is -0.468. The van der Waals surface area contributed by atoms with Gasteiger partial charge in [0.15, 0.2) is 0 Å². The van der Waals surface area contributed by atoms with E-state index >= 15 is 0 Å². The van der Waals surface area contributed by atoms with E-state index in [2.05, 4.69) is 25.9 Å². The normalized spacial score (nSPS) is 15.2. The number of carbonyl (C=O) groups is 2. The fourth-order valence-electron chi connectivity index (χ4n) is 3.60. The van der Waals surface area contributed by atoms with Gasteiger partial charge in [0.25, 0.3) is 11.8 Å². The zero-order valence-electron chi connectivity index (χ0n) is 16.6. The predicted molar refractivity (Wildman–Crippen MR) is 112 cm³/mol. The number of hydrogen-bond donors (Lipinski definition) is 4. The van der Waals surface area contributed by atoms with Crippen molar-refractivity contribution in [3.05, 3.63) is 64.7 Å². The van der Waals surface area contributed by atoms with Gasteiger partial charge in [-0.3, -0.25) is 9.59 Å². The Balaban J connectivity index is 1.51. The molecule has 2 amide bonds. The number of aromatic amines is 1. The quantitative estimate of drug-likeness (QED) is 0.462. The number of aliphatic hydroxyl groups is 1. The van der Waals surface area contributed by atoms with Crippen molar-refractivity contribution in [1.29, 1.82) is 0 Å². The van der Waals surface area contributed by atoms with Crippen LogP contribution in [0.3, 0.4) is 0 Å². The molecule has 4 rings (SSSR count). The van der Waals surface area contributed by atoms with Gasteiger partial charge >= 0.3 is 0 Å². The number of H-pyrrole nitrogens is 1. The van der Waals surface area contributed by atoms with Crippen LogP contribution < -0.4 is 10.6 Å². The summed E-state index contributed by atoms with van der Waals surface area (Å²) in [6.07, 6.45) is 4.13. The number of nitrogens with one attached hydrogen (secondary N) is 3. The third-order valence-corrected chi connectivity index (χ3v) is 5.07. The zero-order chi connectivity index (χ0) is 21.3. The van der Waals surface area contributed by atoms with Crippen molar-refractivity contribution in [1.82, 2.24) is 25.3 Å². The first-order valence-corrected chi connectivity index (χ1v) is 9.56. The molecule has 30 heavy (non-hydrogen) atoms. The summed E-state index contributed by atoms with van der Waals surface area (Å²) in [6.45, 7) is 3.94. The average molecular weight is 406 g/mol. The minimum Gasteiger partial charge on any atom is -0.389 e. The molecule has 154 valence electrons. The van der Waals surface area contributed by atoms with Crippen LogP contribution >= 0.6 is 0 Å². The first-order valence-electron chi connectivity index (χ1n) is 9.56. The Labute approximate surface area is 172 Å². The van der Waals surface area contributed by atoms with Gasteiger partial charge in [-0.05, 0) is 31.6 Å². The van der Waals surface area contributed by atoms with E-state index in [1.165, 1.54) is 10.9 Å². The fourth-order valence-corrected chi connectivity index (χ4v) is 3.60. The summed E-state index contributed by atoms with van der Waals surface area (Å²) in [6, 6.07) is 7.48. The van der Waals surface area contributed by atoms with Crippen molar-refractivity contribution in [2.24, 2.45) is 0 Å². The highest BCUT2D eigenvalue weighted by Gasteiger charge is 2.25. The maximum atomic E-state index is 12.7. The Morgan fingerprint density at radius 1 is 1.33 bits per heavy atom. The Hall–Kier alpha value is -3.72. The number of aryl methyl sites for hydroxylation is 1. The second kappa shape index (κ2) is 7.96. The number of amides is 2. The van der Waals surface area contributed by atoms with Crippen LogP contribution in [0.15, 0.2) is 36.7 Å². The van der Waals surface area contributed by atoms with Gasteiger partial charge < -0.3 is 20.7 Å². The van der Waals surface area contributed by atoms with Gasteiger partial charge in [0, 0.05) is 35.4 Å². The molecule has 3 aromatic rings. The van der Waals surface area contributed by atoms with Gasteiger partial charge in [0.1, 0.15) is 0 Å². The molecule has 1 unspecified atom stereocenters. The van der Waals surface area contributed by atoms with E-state index < -0.39 is 6.10 Å². The van der Waals surface area contributed by atoms with Crippen molar-refractivity contribution in [3.8, 4) is 0 Å². The zero-order valence-corrected chi connectivity index (χ0v) is 16.6. The molecule has 1 aromatic carbocycles. The molecule has 1 aliphatic heterocycles. The summed E-state index contributed by atoms with van der Waals surface area (Å²) in [5, 5.41) is 23.2. The largest absolute Gasteiger partial charge is 0.389 e. The maximum absolute atomic E-state index is 12.7. The maximum Gasteiger partial charge on any atom is 0.256 e. The summed E-state index contributed by atoms with van der Waals surface area (Å²) in [5.41, 5.74) is 4.77. The van der Waals surface area contributed by atoms with Crippen molar-refractivity contribution in [2.75, 3.05) is 11.9 Å². The van der Waals surface area contributed by atoms with Gasteiger partial charge in [-0.1, -0.05) is 23.4 Å². The molecule has 3 heterocycles. The Morgan fingerprint density at radius 3 is 2.90 bits per heavy atom. The van der Waals surface area contributed by atoms with Crippen LogP contribution in [0.2, 0.25) is 0 Å². The van der Waals surface area contributed by atoms with E-state index in [1.807, 2.05) is 31.2 Å². The number of nitrogens with zero attached hydrogens (tertiary/aromatic N) is 3. The van der Waals surface area contributed by atoms with E-state index in [4.69, 9.17) is 0 Å². The number of anilines is 1. The number of carbonyl (C=O) groups excluding carboxylic acids is 2. The topological polar surface area (TPSA) is 125 Å². The molecule has 4 N–H and O–H groups in total. The molecular formula is C21H22N6O3. The highest BCUT2D eigenvalue weighted by Crippen LogP contribution is 2.33. The lowest BCUT2D eigenvalue weighted by molar-refractivity contribution is -0.110. The van der Waals surface area contributed by atoms with Crippen LogP contribution in [0.4, 0.5) is 5.69 Å². The van der Waals surface area contributed by atoms with E-state index in [0.717, 1.165) is 16.8 Å². The van der Waals surface area contributed by atoms with Crippen molar-refractivity contribution >= 4 is 29.2 Å². The fraction of sp³-hybridized carbons (Fsp3) is 0.238. The summed E-state index contributed by atoms with van der Waals surface area (Å²) < 4.78 is 1.50. The highest BCUT2D eigenvalue weighted by atomic mass is 16.3. The van der Waals surface area contributed by atoms with Crippen LogP contribution in [0, 0.1) is 13.8 Å². The van der Waals surface area contributed by atoms with Gasteiger partial charge in [0.2, 0.25) is 0 Å². The number of aromatic nitrogens is 4. The lowest BCUT2D eigenvalue weighted by atomic mass is 10.0. The number of fused-ring (bicyclic) bond motifs is 1. The molecule has 0 aliphatic carbocycles. The minimum absolute atomic E-state index is 0.0783. The third kappa shape index (κ3) is 3.74. The lowest BCUT2D eigenvalue weighted by Gasteiger charge is -2.12. The van der Waals surface area contributed by atoms with Crippen LogP contribution in [0.25, 0.3) is 11.6 Å². The first-order chi connectivity index (χ1) is 14.4. The minimum atomic E-state index is -0.796. The SMILES string of the molecule is Cc1[nH]c(/C=C2\C(=O)Nc3ccccc32)c(C)c1C(=O)NCC(O)Cn1ccnn1. The lowest BCUT2D eigenvalue weighted by Crippen LogP contribution is -2.35. The molecule has 1 aliphatic rings. The predicted octanol–water partition coefficient (Wildman–Crippen LogP) is 1.51. The number of hydrogen-bond acceptors (Lipinski definition) is 5. The average Bonchev–Trinajstić information content (AvgIpc) is 3.40. The van der Waals surface area contributed by atoms with Crippen molar-refractivity contribution in [3.63, 3.8) is 0 Å². The number of rotatable bonds is 6. The summed E-state index contributed by atoms with van der Waals surface area (Å²) in [4.78, 5) is 28.3. The second-order valence-corrected chi connectivity index (χ2v) is 7.21. The summed E-state index contributed by atoms with van der Waals surface area (Å²) in [7, 11) is 0. The summed E-state index contributed by atoms with van der Waals surface area (Å²) >= 11 is 0.